The summed E-state index contributed by atoms with van der Waals surface area (Å²) < 4.78 is 11.2. The maximum Gasteiger partial charge on any atom is 0.290 e. The second kappa shape index (κ2) is 7.41. The van der Waals surface area contributed by atoms with Crippen LogP contribution in [0, 0.1) is 0 Å². The summed E-state index contributed by atoms with van der Waals surface area (Å²) in [6.07, 6.45) is 0.816. The van der Waals surface area contributed by atoms with E-state index in [9.17, 15) is 9.59 Å². The van der Waals surface area contributed by atoms with Crippen LogP contribution >= 0.6 is 11.3 Å². The zero-order valence-electron chi connectivity index (χ0n) is 16.1. The fourth-order valence-corrected chi connectivity index (χ4v) is 4.50. The van der Waals surface area contributed by atoms with Crippen LogP contribution in [0.1, 0.15) is 33.5 Å². The number of thiophene rings is 1. The average Bonchev–Trinajstić information content (AvgIpc) is 3.29. The lowest BCUT2D eigenvalue weighted by Gasteiger charge is -2.24. The van der Waals surface area contributed by atoms with Gasteiger partial charge in [0.05, 0.1) is 24.1 Å². The molecule has 28 heavy (non-hydrogen) atoms. The first-order chi connectivity index (χ1) is 13.5. The van der Waals surface area contributed by atoms with Gasteiger partial charge in [-0.2, -0.15) is 0 Å². The molecule has 1 amide bonds. The number of carbonyl (C=O) groups is 1. The number of nitrogens with zero attached hydrogens (tertiary/aromatic N) is 2. The molecule has 0 aliphatic carbocycles. The Morgan fingerprint density at radius 3 is 2.75 bits per heavy atom. The Bertz CT molecular complexity index is 1070. The highest BCUT2D eigenvalue weighted by Crippen LogP contribution is 2.40. The summed E-state index contributed by atoms with van der Waals surface area (Å²) in [5.74, 6) is 0.502. The summed E-state index contributed by atoms with van der Waals surface area (Å²) >= 11 is 1.54. The molecular formula is C21H22N2O4S. The molecule has 1 aliphatic heterocycles. The number of fused-ring (bicyclic) bond motifs is 2. The van der Waals surface area contributed by atoms with E-state index in [1.165, 1.54) is 0 Å². The van der Waals surface area contributed by atoms with Crippen molar-refractivity contribution >= 4 is 28.2 Å². The lowest BCUT2D eigenvalue weighted by Crippen LogP contribution is -2.31. The molecule has 0 fully saturated rings. The second-order valence-corrected chi connectivity index (χ2v) is 8.09. The molecule has 4 rings (SSSR count). The lowest BCUT2D eigenvalue weighted by atomic mass is 10.0. The van der Waals surface area contributed by atoms with Crippen LogP contribution in [0.4, 0.5) is 0 Å². The lowest BCUT2D eigenvalue weighted by molar-refractivity contribution is 0.0724. The third-order valence-corrected chi connectivity index (χ3v) is 5.92. The maximum atomic E-state index is 13.3. The highest BCUT2D eigenvalue weighted by atomic mass is 32.1. The molecule has 0 saturated heterocycles. The Kier molecular flexibility index (Phi) is 4.95. The normalized spacial score (nSPS) is 16.2. The summed E-state index contributed by atoms with van der Waals surface area (Å²) in [6.45, 7) is 1.42. The maximum absolute atomic E-state index is 13.3. The summed E-state index contributed by atoms with van der Waals surface area (Å²) in [4.78, 5) is 31.3. The van der Waals surface area contributed by atoms with E-state index in [1.807, 2.05) is 31.6 Å². The fraction of sp³-hybridized carbons (Fsp3) is 0.333. The van der Waals surface area contributed by atoms with Gasteiger partial charge in [-0.25, -0.2) is 0 Å². The van der Waals surface area contributed by atoms with Crippen LogP contribution in [0.3, 0.4) is 0 Å². The van der Waals surface area contributed by atoms with Crippen LogP contribution < -0.4 is 10.2 Å². The van der Waals surface area contributed by atoms with Crippen molar-refractivity contribution in [2.75, 3.05) is 34.3 Å². The summed E-state index contributed by atoms with van der Waals surface area (Å²) in [5, 5.41) is 2.42. The molecule has 0 radical (unpaired) electrons. The summed E-state index contributed by atoms with van der Waals surface area (Å²) in [6, 6.07) is 8.59. The Morgan fingerprint density at radius 1 is 1.25 bits per heavy atom. The minimum Gasteiger partial charge on any atom is -0.497 e. The van der Waals surface area contributed by atoms with Crippen molar-refractivity contribution in [3.05, 3.63) is 62.1 Å². The zero-order chi connectivity index (χ0) is 19.8. The first-order valence-corrected chi connectivity index (χ1v) is 10.0. The molecule has 3 heterocycles. The molecule has 146 valence electrons. The standard InChI is InChI=1S/C21H22N2O4S/c1-22(2)9-5-10-23-18(16-6-4-11-28-16)17-19(24)14-8-7-13(26-3)12-15(14)27-20(17)21(23)25/h4,6-8,11-12,18H,5,9-10H2,1-3H3. The molecule has 0 saturated carbocycles. The first-order valence-electron chi connectivity index (χ1n) is 9.15. The van der Waals surface area contributed by atoms with Gasteiger partial charge in [-0.3, -0.25) is 9.59 Å². The van der Waals surface area contributed by atoms with Gasteiger partial charge in [0.2, 0.25) is 5.76 Å². The van der Waals surface area contributed by atoms with Crippen LogP contribution in [0.5, 0.6) is 5.75 Å². The fourth-order valence-electron chi connectivity index (χ4n) is 3.66. The van der Waals surface area contributed by atoms with Crippen LogP contribution in [-0.4, -0.2) is 50.0 Å². The van der Waals surface area contributed by atoms with Gasteiger partial charge >= 0.3 is 0 Å². The number of rotatable bonds is 6. The van der Waals surface area contributed by atoms with Gasteiger partial charge in [-0.15, -0.1) is 11.3 Å². The summed E-state index contributed by atoms with van der Waals surface area (Å²) in [7, 11) is 5.56. The third kappa shape index (κ3) is 3.10. The topological polar surface area (TPSA) is 63.0 Å². The van der Waals surface area contributed by atoms with E-state index in [0.29, 0.717) is 28.8 Å². The van der Waals surface area contributed by atoms with Crippen LogP contribution in [0.15, 0.2) is 44.9 Å². The molecule has 1 aromatic carbocycles. The molecule has 7 heteroatoms. The monoisotopic (exact) mass is 398 g/mol. The van der Waals surface area contributed by atoms with Gasteiger partial charge in [0.1, 0.15) is 11.3 Å². The molecule has 0 bridgehead atoms. The quantitative estimate of drug-likeness (QED) is 0.637. The third-order valence-electron chi connectivity index (χ3n) is 4.99. The van der Waals surface area contributed by atoms with Gasteiger partial charge in [0.15, 0.2) is 5.43 Å². The minimum absolute atomic E-state index is 0.147. The van der Waals surface area contributed by atoms with Crippen LogP contribution in [-0.2, 0) is 0 Å². The van der Waals surface area contributed by atoms with E-state index in [2.05, 4.69) is 4.90 Å². The Hall–Kier alpha value is -2.64. The van der Waals surface area contributed by atoms with E-state index >= 15 is 0 Å². The predicted molar refractivity (Wildman–Crippen MR) is 109 cm³/mol. The number of hydrogen-bond donors (Lipinski definition) is 0. The Balaban J connectivity index is 1.85. The molecule has 0 spiro atoms. The van der Waals surface area contributed by atoms with E-state index in [-0.39, 0.29) is 17.1 Å². The molecular weight excluding hydrogens is 376 g/mol. The van der Waals surface area contributed by atoms with Crippen molar-refractivity contribution in [2.45, 2.75) is 12.5 Å². The summed E-state index contributed by atoms with van der Waals surface area (Å²) in [5.41, 5.74) is 0.659. The van der Waals surface area contributed by atoms with Crippen molar-refractivity contribution in [3.8, 4) is 5.75 Å². The highest BCUT2D eigenvalue weighted by Gasteiger charge is 2.42. The van der Waals surface area contributed by atoms with Crippen molar-refractivity contribution < 1.29 is 13.9 Å². The van der Waals surface area contributed by atoms with Crippen molar-refractivity contribution in [1.29, 1.82) is 0 Å². The Morgan fingerprint density at radius 2 is 2.07 bits per heavy atom. The largest absolute Gasteiger partial charge is 0.497 e. The minimum atomic E-state index is -0.396. The van der Waals surface area contributed by atoms with Crippen molar-refractivity contribution in [1.82, 2.24) is 9.80 Å². The molecule has 1 unspecified atom stereocenters. The van der Waals surface area contributed by atoms with Crippen LogP contribution in [0.25, 0.3) is 11.0 Å². The van der Waals surface area contributed by atoms with Gasteiger partial charge in [-0.05, 0) is 50.6 Å². The first kappa shape index (κ1) is 18.7. The number of benzene rings is 1. The number of methoxy groups -OCH3 is 1. The molecule has 1 atom stereocenters. The van der Waals surface area contributed by atoms with E-state index in [0.717, 1.165) is 17.8 Å². The zero-order valence-corrected chi connectivity index (χ0v) is 16.9. The molecule has 2 aromatic heterocycles. The number of carbonyl (C=O) groups excluding carboxylic acids is 1. The molecule has 3 aromatic rings. The average molecular weight is 398 g/mol. The number of hydrogen-bond acceptors (Lipinski definition) is 6. The van der Waals surface area contributed by atoms with E-state index < -0.39 is 6.04 Å². The Labute approximate surface area is 166 Å². The molecule has 6 nitrogen and oxygen atoms in total. The molecule has 0 N–H and O–H groups in total. The highest BCUT2D eigenvalue weighted by molar-refractivity contribution is 7.10. The van der Waals surface area contributed by atoms with Crippen molar-refractivity contribution in [2.24, 2.45) is 0 Å². The van der Waals surface area contributed by atoms with Crippen molar-refractivity contribution in [3.63, 3.8) is 0 Å². The molecule has 1 aliphatic rings. The van der Waals surface area contributed by atoms with E-state index in [1.54, 1.807) is 41.5 Å². The van der Waals surface area contributed by atoms with Gasteiger partial charge in [0, 0.05) is 17.5 Å². The number of ether oxygens (including phenoxy) is 1. The SMILES string of the molecule is COc1ccc2c(=O)c3c(oc2c1)C(=O)N(CCCN(C)C)C3c1cccs1. The van der Waals surface area contributed by atoms with Gasteiger partial charge in [-0.1, -0.05) is 6.07 Å². The smallest absolute Gasteiger partial charge is 0.290 e. The number of amides is 1. The van der Waals surface area contributed by atoms with Gasteiger partial charge in [0.25, 0.3) is 5.91 Å². The predicted octanol–water partition coefficient (Wildman–Crippen LogP) is 3.36. The van der Waals surface area contributed by atoms with Crippen LogP contribution in [0.2, 0.25) is 0 Å². The van der Waals surface area contributed by atoms with Gasteiger partial charge < -0.3 is 19.0 Å². The second-order valence-electron chi connectivity index (χ2n) is 7.11. The van der Waals surface area contributed by atoms with E-state index in [4.69, 9.17) is 9.15 Å².